The van der Waals surface area contributed by atoms with Gasteiger partial charge in [-0.05, 0) is 0 Å². The minimum Gasteiger partial charge on any atom is -0.481 e. The van der Waals surface area contributed by atoms with Gasteiger partial charge in [0.25, 0.3) is 0 Å². The number of hydrogen-bond acceptors (Lipinski definition) is 2. The first-order valence-corrected chi connectivity index (χ1v) is 3.51. The predicted molar refractivity (Wildman–Crippen MR) is 47.3 cm³/mol. The Hall–Kier alpha value is -1.84. The Labute approximate surface area is 75.5 Å². The van der Waals surface area contributed by atoms with Gasteiger partial charge in [-0.15, -0.1) is 0 Å². The molecule has 0 radical (unpaired) electrons. The van der Waals surface area contributed by atoms with Crippen LogP contribution in [0.15, 0.2) is 36.5 Å². The summed E-state index contributed by atoms with van der Waals surface area (Å²) in [6.07, 6.45) is 5.16. The fourth-order valence-corrected chi connectivity index (χ4v) is 0.619. The molecular formula is C9H10O4. The average molecular weight is 182 g/mol. The van der Waals surface area contributed by atoms with Gasteiger partial charge in [-0.25, -0.2) is 4.79 Å². The molecule has 0 amide bonds. The zero-order chi connectivity index (χ0) is 10.3. The lowest BCUT2D eigenvalue weighted by molar-refractivity contribution is -0.139. The molecule has 0 saturated carbocycles. The fraction of sp³-hybridized carbons (Fsp3) is 0.111. The van der Waals surface area contributed by atoms with E-state index in [9.17, 15) is 9.59 Å². The van der Waals surface area contributed by atoms with Gasteiger partial charge < -0.3 is 10.2 Å². The summed E-state index contributed by atoms with van der Waals surface area (Å²) in [6, 6.07) is 0. The third kappa shape index (κ3) is 5.43. The molecular weight excluding hydrogens is 172 g/mol. The monoisotopic (exact) mass is 182 g/mol. The van der Waals surface area contributed by atoms with Gasteiger partial charge in [0, 0.05) is 5.57 Å². The molecule has 0 rings (SSSR count). The van der Waals surface area contributed by atoms with E-state index in [-0.39, 0.29) is 5.57 Å². The minimum atomic E-state index is -1.23. The van der Waals surface area contributed by atoms with Gasteiger partial charge >= 0.3 is 11.9 Å². The van der Waals surface area contributed by atoms with Crippen LogP contribution in [0.5, 0.6) is 0 Å². The van der Waals surface area contributed by atoms with Gasteiger partial charge in [-0.3, -0.25) is 4.79 Å². The number of carboxylic acid groups (broad SMARTS) is 2. The molecule has 0 aromatic heterocycles. The zero-order valence-corrected chi connectivity index (χ0v) is 6.93. The molecule has 13 heavy (non-hydrogen) atoms. The first kappa shape index (κ1) is 11.2. The van der Waals surface area contributed by atoms with Crippen molar-refractivity contribution in [1.29, 1.82) is 0 Å². The molecule has 0 bridgehead atoms. The van der Waals surface area contributed by atoms with Crippen LogP contribution in [0.1, 0.15) is 6.42 Å². The third-order valence-electron chi connectivity index (χ3n) is 1.16. The Balaban J connectivity index is 4.49. The molecule has 4 nitrogen and oxygen atoms in total. The lowest BCUT2D eigenvalue weighted by Gasteiger charge is -1.94. The maximum Gasteiger partial charge on any atom is 0.332 e. The second kappa shape index (κ2) is 5.77. The molecule has 2 N–H and O–H groups in total. The summed E-state index contributed by atoms with van der Waals surface area (Å²) in [5.41, 5.74) is -0.161. The van der Waals surface area contributed by atoms with Crippen molar-refractivity contribution in [3.63, 3.8) is 0 Å². The van der Waals surface area contributed by atoms with E-state index in [1.165, 1.54) is 24.3 Å². The molecule has 0 aromatic carbocycles. The van der Waals surface area contributed by atoms with Crippen LogP contribution in [-0.2, 0) is 9.59 Å². The van der Waals surface area contributed by atoms with E-state index in [0.29, 0.717) is 0 Å². The van der Waals surface area contributed by atoms with Gasteiger partial charge in [-0.2, -0.15) is 0 Å². The predicted octanol–water partition coefficient (Wildman–Crippen LogP) is 1.21. The summed E-state index contributed by atoms with van der Waals surface area (Å²) in [6.45, 7) is 3.38. The van der Waals surface area contributed by atoms with Gasteiger partial charge in [0.1, 0.15) is 0 Å². The minimum absolute atomic E-state index is 0.161. The van der Waals surface area contributed by atoms with Gasteiger partial charge in [0.05, 0.1) is 6.42 Å². The molecule has 0 aromatic rings. The topological polar surface area (TPSA) is 74.6 Å². The highest BCUT2D eigenvalue weighted by atomic mass is 16.4. The maximum atomic E-state index is 10.4. The third-order valence-corrected chi connectivity index (χ3v) is 1.16. The lowest BCUT2D eigenvalue weighted by atomic mass is 10.2. The van der Waals surface area contributed by atoms with E-state index in [0.717, 1.165) is 0 Å². The summed E-state index contributed by atoms with van der Waals surface area (Å²) in [7, 11) is 0. The average Bonchev–Trinajstić information content (AvgIpc) is 2.02. The number of carboxylic acids is 2. The largest absolute Gasteiger partial charge is 0.481 e. The zero-order valence-electron chi connectivity index (χ0n) is 6.93. The Kier molecular flexibility index (Phi) is 4.95. The van der Waals surface area contributed by atoms with Crippen molar-refractivity contribution < 1.29 is 19.8 Å². The van der Waals surface area contributed by atoms with E-state index < -0.39 is 18.4 Å². The van der Waals surface area contributed by atoms with Crippen molar-refractivity contribution in [3.8, 4) is 0 Å². The van der Waals surface area contributed by atoms with Crippen LogP contribution in [0.25, 0.3) is 0 Å². The molecule has 0 spiro atoms. The number of carbonyl (C=O) groups is 2. The summed E-state index contributed by atoms with van der Waals surface area (Å²) in [5.74, 6) is -2.39. The smallest absolute Gasteiger partial charge is 0.332 e. The quantitative estimate of drug-likeness (QED) is 0.495. The second-order valence-corrected chi connectivity index (χ2v) is 2.19. The standard InChI is InChI=1S/C9H10O4/c1-2-3-4-5-7(9(12)13)6-8(10)11/h2-5H,1,6H2,(H,10,11)(H,12,13)/b4-3-,7-5+. The number of allylic oxidation sites excluding steroid dienone is 4. The summed E-state index contributed by atoms with van der Waals surface area (Å²) in [4.78, 5) is 20.6. The Morgan fingerprint density at radius 1 is 1.23 bits per heavy atom. The van der Waals surface area contributed by atoms with Crippen LogP contribution in [0.3, 0.4) is 0 Å². The van der Waals surface area contributed by atoms with Gasteiger partial charge in [0.2, 0.25) is 0 Å². The molecule has 0 heterocycles. The van der Waals surface area contributed by atoms with Crippen LogP contribution >= 0.6 is 0 Å². The normalized spacial score (nSPS) is 11.5. The second-order valence-electron chi connectivity index (χ2n) is 2.19. The van der Waals surface area contributed by atoms with Gasteiger partial charge in [-0.1, -0.05) is 30.9 Å². The van der Waals surface area contributed by atoms with Crippen LogP contribution in [-0.4, -0.2) is 22.2 Å². The van der Waals surface area contributed by atoms with Crippen molar-refractivity contribution in [3.05, 3.63) is 36.5 Å². The Morgan fingerprint density at radius 2 is 1.85 bits per heavy atom. The first-order chi connectivity index (χ1) is 6.07. The molecule has 0 aliphatic heterocycles. The molecule has 0 atom stereocenters. The number of aliphatic carboxylic acids is 2. The van der Waals surface area contributed by atoms with Crippen molar-refractivity contribution in [1.82, 2.24) is 0 Å². The highest BCUT2D eigenvalue weighted by Gasteiger charge is 2.09. The molecule has 0 aliphatic carbocycles. The van der Waals surface area contributed by atoms with Crippen molar-refractivity contribution in [2.75, 3.05) is 0 Å². The summed E-state index contributed by atoms with van der Waals surface area (Å²) < 4.78 is 0. The lowest BCUT2D eigenvalue weighted by Crippen LogP contribution is -2.06. The van der Waals surface area contributed by atoms with Crippen molar-refractivity contribution in [2.45, 2.75) is 6.42 Å². The Morgan fingerprint density at radius 3 is 2.23 bits per heavy atom. The maximum absolute atomic E-state index is 10.4. The van der Waals surface area contributed by atoms with Crippen LogP contribution in [0, 0.1) is 0 Å². The van der Waals surface area contributed by atoms with E-state index in [1.807, 2.05) is 0 Å². The van der Waals surface area contributed by atoms with Crippen molar-refractivity contribution >= 4 is 11.9 Å². The fourth-order valence-electron chi connectivity index (χ4n) is 0.619. The molecule has 4 heteroatoms. The first-order valence-electron chi connectivity index (χ1n) is 3.51. The summed E-state index contributed by atoms with van der Waals surface area (Å²) >= 11 is 0. The van der Waals surface area contributed by atoms with E-state index >= 15 is 0 Å². The molecule has 70 valence electrons. The Bertz CT molecular complexity index is 273. The summed E-state index contributed by atoms with van der Waals surface area (Å²) in [5, 5.41) is 16.9. The van der Waals surface area contributed by atoms with E-state index in [2.05, 4.69) is 6.58 Å². The SMILES string of the molecule is C=C/C=C\C=C(/CC(=O)O)C(=O)O. The van der Waals surface area contributed by atoms with E-state index in [1.54, 1.807) is 0 Å². The van der Waals surface area contributed by atoms with Crippen LogP contribution in [0.2, 0.25) is 0 Å². The van der Waals surface area contributed by atoms with E-state index in [4.69, 9.17) is 10.2 Å². The van der Waals surface area contributed by atoms with Crippen molar-refractivity contribution in [2.24, 2.45) is 0 Å². The molecule has 0 fully saturated rings. The molecule has 0 unspecified atom stereocenters. The molecule has 0 saturated heterocycles. The highest BCUT2D eigenvalue weighted by Crippen LogP contribution is 2.01. The molecule has 0 aliphatic rings. The van der Waals surface area contributed by atoms with Crippen LogP contribution < -0.4 is 0 Å². The van der Waals surface area contributed by atoms with Crippen LogP contribution in [0.4, 0.5) is 0 Å². The number of hydrogen-bond donors (Lipinski definition) is 2. The highest BCUT2D eigenvalue weighted by molar-refractivity contribution is 5.92. The number of rotatable bonds is 5. The van der Waals surface area contributed by atoms with Gasteiger partial charge in [0.15, 0.2) is 0 Å².